The molecule has 0 spiro atoms. The number of hydrogen-bond donors (Lipinski definition) is 2. The molecule has 1 unspecified atom stereocenters. The van der Waals surface area contributed by atoms with E-state index in [9.17, 15) is 4.79 Å². The van der Waals surface area contributed by atoms with Gasteiger partial charge in [-0.25, -0.2) is 0 Å². The second-order valence-corrected chi connectivity index (χ2v) is 4.38. The molecule has 0 aromatic heterocycles. The average molecular weight is 234 g/mol. The molecule has 3 N–H and O–H groups in total. The molecule has 92 valence electrons. The maximum absolute atomic E-state index is 11.9. The van der Waals surface area contributed by atoms with Gasteiger partial charge in [0.1, 0.15) is 5.75 Å². The predicted octanol–water partition coefficient (Wildman–Crippen LogP) is 1.16. The molecule has 4 nitrogen and oxygen atoms in total. The van der Waals surface area contributed by atoms with Crippen molar-refractivity contribution in [3.63, 3.8) is 0 Å². The zero-order chi connectivity index (χ0) is 12.3. The highest BCUT2D eigenvalue weighted by atomic mass is 16.5. The molecule has 2 rings (SSSR count). The average Bonchev–Trinajstić information content (AvgIpc) is 3.20. The maximum Gasteiger partial charge on any atom is 0.251 e. The summed E-state index contributed by atoms with van der Waals surface area (Å²) in [4.78, 5) is 11.9. The van der Waals surface area contributed by atoms with Crippen molar-refractivity contribution in [1.82, 2.24) is 5.32 Å². The minimum Gasteiger partial charge on any atom is -0.497 e. The van der Waals surface area contributed by atoms with Crippen LogP contribution in [0.15, 0.2) is 24.3 Å². The standard InChI is InChI=1S/C13H18N2O2/c1-17-11-6-4-10(5-7-11)13(16)15-12(8-14)9-2-3-9/h4-7,9,12H,2-3,8,14H2,1H3,(H,15,16). The number of carbonyl (C=O) groups excluding carboxylic acids is 1. The van der Waals surface area contributed by atoms with Gasteiger partial charge in [0.15, 0.2) is 0 Å². The van der Waals surface area contributed by atoms with Crippen LogP contribution in [0.3, 0.4) is 0 Å². The Morgan fingerprint density at radius 3 is 2.59 bits per heavy atom. The quantitative estimate of drug-likeness (QED) is 0.803. The highest BCUT2D eigenvalue weighted by molar-refractivity contribution is 5.94. The van der Waals surface area contributed by atoms with Crippen molar-refractivity contribution in [2.75, 3.05) is 13.7 Å². The molecule has 4 heteroatoms. The first-order valence-electron chi connectivity index (χ1n) is 5.89. The molecule has 0 saturated heterocycles. The van der Waals surface area contributed by atoms with Crippen LogP contribution in [0.4, 0.5) is 0 Å². The van der Waals surface area contributed by atoms with Crippen molar-refractivity contribution in [2.45, 2.75) is 18.9 Å². The van der Waals surface area contributed by atoms with E-state index in [1.807, 2.05) is 0 Å². The number of benzene rings is 1. The molecule has 0 aliphatic heterocycles. The third-order valence-electron chi connectivity index (χ3n) is 3.11. The lowest BCUT2D eigenvalue weighted by atomic mass is 10.1. The smallest absolute Gasteiger partial charge is 0.251 e. The van der Waals surface area contributed by atoms with Crippen LogP contribution in [0, 0.1) is 5.92 Å². The molecule has 0 heterocycles. The molecule has 1 aliphatic carbocycles. The van der Waals surface area contributed by atoms with Gasteiger partial charge in [-0.1, -0.05) is 0 Å². The molecular formula is C13H18N2O2. The van der Waals surface area contributed by atoms with E-state index in [1.165, 1.54) is 12.8 Å². The molecule has 0 bridgehead atoms. The Bertz CT molecular complexity index is 385. The fourth-order valence-electron chi connectivity index (χ4n) is 1.86. The van der Waals surface area contributed by atoms with Crippen LogP contribution in [0.2, 0.25) is 0 Å². The Kier molecular flexibility index (Phi) is 3.64. The summed E-state index contributed by atoms with van der Waals surface area (Å²) in [5, 5.41) is 2.98. The SMILES string of the molecule is COc1ccc(C(=O)NC(CN)C2CC2)cc1. The molecular weight excluding hydrogens is 216 g/mol. The van der Waals surface area contributed by atoms with E-state index in [1.54, 1.807) is 31.4 Å². The Morgan fingerprint density at radius 1 is 1.47 bits per heavy atom. The molecule has 1 aromatic carbocycles. The van der Waals surface area contributed by atoms with Crippen molar-refractivity contribution in [1.29, 1.82) is 0 Å². The summed E-state index contributed by atoms with van der Waals surface area (Å²) in [6.07, 6.45) is 2.34. The minimum atomic E-state index is -0.0602. The molecule has 1 saturated carbocycles. The van der Waals surface area contributed by atoms with Gasteiger partial charge in [0.25, 0.3) is 5.91 Å². The third kappa shape index (κ3) is 2.97. The van der Waals surface area contributed by atoms with E-state index < -0.39 is 0 Å². The maximum atomic E-state index is 11.9. The Morgan fingerprint density at radius 2 is 2.12 bits per heavy atom. The Balaban J connectivity index is 1.97. The van der Waals surface area contributed by atoms with Crippen LogP contribution in [0.5, 0.6) is 5.75 Å². The van der Waals surface area contributed by atoms with Gasteiger partial charge in [-0.2, -0.15) is 0 Å². The van der Waals surface area contributed by atoms with Gasteiger partial charge in [0, 0.05) is 18.2 Å². The van der Waals surface area contributed by atoms with E-state index in [2.05, 4.69) is 5.32 Å². The van der Waals surface area contributed by atoms with E-state index in [0.717, 1.165) is 5.75 Å². The second-order valence-electron chi connectivity index (χ2n) is 4.38. The Hall–Kier alpha value is -1.55. The van der Waals surface area contributed by atoms with Crippen LogP contribution < -0.4 is 15.8 Å². The van der Waals surface area contributed by atoms with E-state index in [0.29, 0.717) is 18.0 Å². The van der Waals surface area contributed by atoms with Crippen molar-refractivity contribution in [2.24, 2.45) is 11.7 Å². The summed E-state index contributed by atoms with van der Waals surface area (Å²) in [6, 6.07) is 7.19. The van der Waals surface area contributed by atoms with Crippen LogP contribution in [0.25, 0.3) is 0 Å². The first-order valence-corrected chi connectivity index (χ1v) is 5.89. The predicted molar refractivity (Wildman–Crippen MR) is 66.0 cm³/mol. The zero-order valence-corrected chi connectivity index (χ0v) is 9.98. The van der Waals surface area contributed by atoms with Gasteiger partial charge in [-0.15, -0.1) is 0 Å². The van der Waals surface area contributed by atoms with Crippen molar-refractivity contribution in [3.8, 4) is 5.75 Å². The van der Waals surface area contributed by atoms with Crippen molar-refractivity contribution >= 4 is 5.91 Å². The molecule has 17 heavy (non-hydrogen) atoms. The largest absolute Gasteiger partial charge is 0.497 e. The second kappa shape index (κ2) is 5.19. The Labute approximate surface area is 101 Å². The molecule has 1 aromatic rings. The van der Waals surface area contributed by atoms with Gasteiger partial charge in [-0.05, 0) is 43.0 Å². The number of methoxy groups -OCH3 is 1. The summed E-state index contributed by atoms with van der Waals surface area (Å²) in [5.74, 6) is 1.26. The molecule has 0 radical (unpaired) electrons. The van der Waals surface area contributed by atoms with Gasteiger partial charge < -0.3 is 15.8 Å². The van der Waals surface area contributed by atoms with Gasteiger partial charge >= 0.3 is 0 Å². The topological polar surface area (TPSA) is 64.3 Å². The van der Waals surface area contributed by atoms with Crippen molar-refractivity contribution < 1.29 is 9.53 Å². The van der Waals surface area contributed by atoms with Crippen LogP contribution in [0.1, 0.15) is 23.2 Å². The first-order chi connectivity index (χ1) is 8.24. The number of rotatable bonds is 5. The molecule has 1 aliphatic rings. The monoisotopic (exact) mass is 234 g/mol. The van der Waals surface area contributed by atoms with Crippen molar-refractivity contribution in [3.05, 3.63) is 29.8 Å². The van der Waals surface area contributed by atoms with Gasteiger partial charge in [0.2, 0.25) is 0 Å². The third-order valence-corrected chi connectivity index (χ3v) is 3.11. The van der Waals surface area contributed by atoms with Crippen LogP contribution in [-0.4, -0.2) is 25.6 Å². The lowest BCUT2D eigenvalue weighted by Gasteiger charge is -2.16. The van der Waals surface area contributed by atoms with Crippen LogP contribution >= 0.6 is 0 Å². The number of hydrogen-bond acceptors (Lipinski definition) is 3. The summed E-state index contributed by atoms with van der Waals surface area (Å²) >= 11 is 0. The number of ether oxygens (including phenoxy) is 1. The number of carbonyl (C=O) groups is 1. The highest BCUT2D eigenvalue weighted by Gasteiger charge is 2.31. The van der Waals surface area contributed by atoms with Gasteiger partial charge in [-0.3, -0.25) is 4.79 Å². The summed E-state index contributed by atoms with van der Waals surface area (Å²) < 4.78 is 5.05. The fourth-order valence-corrected chi connectivity index (χ4v) is 1.86. The normalized spacial score (nSPS) is 16.4. The summed E-state index contributed by atoms with van der Waals surface area (Å²) in [5.41, 5.74) is 6.29. The minimum absolute atomic E-state index is 0.0602. The molecule has 1 amide bonds. The van der Waals surface area contributed by atoms with Crippen LogP contribution in [-0.2, 0) is 0 Å². The zero-order valence-electron chi connectivity index (χ0n) is 9.98. The number of nitrogens with one attached hydrogen (secondary N) is 1. The lowest BCUT2D eigenvalue weighted by Crippen LogP contribution is -2.41. The molecule has 1 fully saturated rings. The fraction of sp³-hybridized carbons (Fsp3) is 0.462. The number of amides is 1. The lowest BCUT2D eigenvalue weighted by molar-refractivity contribution is 0.0933. The van der Waals surface area contributed by atoms with E-state index >= 15 is 0 Å². The summed E-state index contributed by atoms with van der Waals surface area (Å²) in [6.45, 7) is 0.507. The molecule has 1 atom stereocenters. The summed E-state index contributed by atoms with van der Waals surface area (Å²) in [7, 11) is 1.60. The van der Waals surface area contributed by atoms with E-state index in [4.69, 9.17) is 10.5 Å². The number of nitrogens with two attached hydrogens (primary N) is 1. The first kappa shape index (κ1) is 11.9. The van der Waals surface area contributed by atoms with Gasteiger partial charge in [0.05, 0.1) is 7.11 Å². The van der Waals surface area contributed by atoms with E-state index in [-0.39, 0.29) is 11.9 Å². The highest BCUT2D eigenvalue weighted by Crippen LogP contribution is 2.32.